The van der Waals surface area contributed by atoms with Crippen molar-refractivity contribution < 1.29 is 23.1 Å². The number of carboxylic acid groups (broad SMARTS) is 1. The average molecular weight is 354 g/mol. The van der Waals surface area contributed by atoms with E-state index in [4.69, 9.17) is 5.11 Å². The second kappa shape index (κ2) is 6.80. The van der Waals surface area contributed by atoms with Crippen LogP contribution in [0.5, 0.6) is 0 Å². The molecule has 8 heteroatoms. The summed E-state index contributed by atoms with van der Waals surface area (Å²) < 4.78 is 25.2. The predicted molar refractivity (Wildman–Crippen MR) is 90.6 cm³/mol. The van der Waals surface area contributed by atoms with Crippen LogP contribution >= 0.6 is 0 Å². The number of rotatable bonds is 6. The molecule has 24 heavy (non-hydrogen) atoms. The maximum Gasteiger partial charge on any atom is 0.305 e. The van der Waals surface area contributed by atoms with Gasteiger partial charge in [-0.2, -0.15) is 0 Å². The summed E-state index contributed by atoms with van der Waals surface area (Å²) in [4.78, 5) is 23.6. The molecule has 1 aliphatic carbocycles. The topological polar surface area (TPSA) is 113 Å². The number of carbonyl (C=O) groups is 2. The Bertz CT molecular complexity index is 752. The molecule has 0 saturated heterocycles. The van der Waals surface area contributed by atoms with Gasteiger partial charge in [-0.1, -0.05) is 18.9 Å². The zero-order valence-electron chi connectivity index (χ0n) is 13.8. The molecule has 1 amide bonds. The average Bonchev–Trinajstić information content (AvgIpc) is 2.86. The van der Waals surface area contributed by atoms with Crippen molar-refractivity contribution in [1.29, 1.82) is 0 Å². The van der Waals surface area contributed by atoms with E-state index in [-0.39, 0.29) is 6.42 Å². The van der Waals surface area contributed by atoms with Crippen LogP contribution in [0, 0.1) is 6.92 Å². The van der Waals surface area contributed by atoms with Gasteiger partial charge in [0.25, 0.3) is 5.91 Å². The Morgan fingerprint density at radius 1 is 1.25 bits per heavy atom. The Morgan fingerprint density at radius 3 is 2.42 bits per heavy atom. The third-order valence-electron chi connectivity index (χ3n) is 4.22. The molecule has 0 aliphatic heterocycles. The first-order valence-electron chi connectivity index (χ1n) is 7.73. The van der Waals surface area contributed by atoms with Crippen molar-refractivity contribution in [3.8, 4) is 0 Å². The van der Waals surface area contributed by atoms with Crippen molar-refractivity contribution in [1.82, 2.24) is 5.32 Å². The van der Waals surface area contributed by atoms with Crippen LogP contribution in [0.2, 0.25) is 0 Å². The molecule has 0 radical (unpaired) electrons. The molecule has 0 atom stereocenters. The highest BCUT2D eigenvalue weighted by Gasteiger charge is 2.37. The Balaban J connectivity index is 2.23. The molecular weight excluding hydrogens is 332 g/mol. The quantitative estimate of drug-likeness (QED) is 0.722. The summed E-state index contributed by atoms with van der Waals surface area (Å²) >= 11 is 0. The lowest BCUT2D eigenvalue weighted by Gasteiger charge is -2.28. The van der Waals surface area contributed by atoms with E-state index in [1.165, 1.54) is 6.07 Å². The molecule has 3 N–H and O–H groups in total. The highest BCUT2D eigenvalue weighted by Crippen LogP contribution is 2.33. The molecule has 1 aromatic rings. The van der Waals surface area contributed by atoms with Crippen LogP contribution in [0.15, 0.2) is 18.2 Å². The minimum absolute atomic E-state index is 0.112. The van der Waals surface area contributed by atoms with Gasteiger partial charge in [0.1, 0.15) is 0 Å². The van der Waals surface area contributed by atoms with Gasteiger partial charge in [0, 0.05) is 5.56 Å². The lowest BCUT2D eigenvalue weighted by atomic mass is 9.92. The summed E-state index contributed by atoms with van der Waals surface area (Å²) in [5.41, 5.74) is 0.600. The number of aliphatic carboxylic acids is 1. The van der Waals surface area contributed by atoms with Crippen molar-refractivity contribution in [2.45, 2.75) is 44.6 Å². The molecule has 1 aliphatic rings. The zero-order chi connectivity index (χ0) is 18.0. The first-order chi connectivity index (χ1) is 11.1. The number of carboxylic acids is 1. The molecule has 1 aromatic carbocycles. The van der Waals surface area contributed by atoms with Gasteiger partial charge in [0.2, 0.25) is 10.0 Å². The lowest BCUT2D eigenvalue weighted by molar-refractivity contribution is -0.138. The SMILES string of the molecule is Cc1ccc(C(=O)NC2(CC(=O)O)CCCC2)cc1NS(C)(=O)=O. The van der Waals surface area contributed by atoms with Crippen LogP contribution in [0.3, 0.4) is 0 Å². The van der Waals surface area contributed by atoms with Crippen molar-refractivity contribution in [3.63, 3.8) is 0 Å². The summed E-state index contributed by atoms with van der Waals surface area (Å²) in [6.07, 6.45) is 3.94. The van der Waals surface area contributed by atoms with Crippen LogP contribution in [-0.4, -0.2) is 37.2 Å². The number of hydrogen-bond donors (Lipinski definition) is 3. The first-order valence-corrected chi connectivity index (χ1v) is 9.62. The van der Waals surface area contributed by atoms with Gasteiger partial charge in [-0.05, 0) is 37.5 Å². The lowest BCUT2D eigenvalue weighted by Crippen LogP contribution is -2.47. The molecule has 0 aromatic heterocycles. The fourth-order valence-electron chi connectivity index (χ4n) is 3.07. The number of nitrogens with one attached hydrogen (secondary N) is 2. The molecule has 132 valence electrons. The second-order valence-corrected chi connectivity index (χ2v) is 8.16. The van der Waals surface area contributed by atoms with Gasteiger partial charge in [0.05, 0.1) is 23.9 Å². The van der Waals surface area contributed by atoms with Crippen molar-refractivity contribution in [3.05, 3.63) is 29.3 Å². The largest absolute Gasteiger partial charge is 0.481 e. The van der Waals surface area contributed by atoms with Crippen molar-refractivity contribution in [2.75, 3.05) is 11.0 Å². The molecule has 0 bridgehead atoms. The van der Waals surface area contributed by atoms with E-state index in [9.17, 15) is 18.0 Å². The molecule has 0 spiro atoms. The summed E-state index contributed by atoms with van der Waals surface area (Å²) in [5.74, 6) is -1.34. The number of sulfonamides is 1. The Hall–Kier alpha value is -2.09. The maximum absolute atomic E-state index is 12.5. The molecule has 2 rings (SSSR count). The smallest absolute Gasteiger partial charge is 0.305 e. The van der Waals surface area contributed by atoms with Crippen molar-refractivity contribution >= 4 is 27.6 Å². The highest BCUT2D eigenvalue weighted by atomic mass is 32.2. The predicted octanol–water partition coefficient (Wildman–Crippen LogP) is 1.88. The number of hydrogen-bond acceptors (Lipinski definition) is 4. The van der Waals surface area contributed by atoms with E-state index in [0.717, 1.165) is 19.1 Å². The van der Waals surface area contributed by atoms with Crippen LogP contribution in [0.4, 0.5) is 5.69 Å². The zero-order valence-corrected chi connectivity index (χ0v) is 14.6. The van der Waals surface area contributed by atoms with E-state index in [1.54, 1.807) is 19.1 Å². The van der Waals surface area contributed by atoms with Gasteiger partial charge in [0.15, 0.2) is 0 Å². The standard InChI is InChI=1S/C16H22N2O5S/c1-11-5-6-12(9-13(11)18-24(2,22)23)15(21)17-16(10-14(19)20)7-3-4-8-16/h5-6,9,18H,3-4,7-8,10H2,1-2H3,(H,17,21)(H,19,20). The number of aryl methyl sites for hydroxylation is 1. The van der Waals surface area contributed by atoms with E-state index in [2.05, 4.69) is 10.0 Å². The number of benzene rings is 1. The molecule has 1 fully saturated rings. The van der Waals surface area contributed by atoms with E-state index < -0.39 is 27.4 Å². The van der Waals surface area contributed by atoms with Crippen LogP contribution < -0.4 is 10.0 Å². The Labute approximate surface area is 141 Å². The third kappa shape index (κ3) is 4.70. The molecule has 0 unspecified atom stereocenters. The van der Waals surface area contributed by atoms with E-state index in [0.29, 0.717) is 29.7 Å². The van der Waals surface area contributed by atoms with E-state index >= 15 is 0 Å². The summed E-state index contributed by atoms with van der Waals surface area (Å²) in [7, 11) is -3.45. The van der Waals surface area contributed by atoms with Crippen LogP contribution in [-0.2, 0) is 14.8 Å². The van der Waals surface area contributed by atoms with Crippen molar-refractivity contribution in [2.24, 2.45) is 0 Å². The molecular formula is C16H22N2O5S. The number of amides is 1. The van der Waals surface area contributed by atoms with Gasteiger partial charge >= 0.3 is 5.97 Å². The monoisotopic (exact) mass is 354 g/mol. The normalized spacial score (nSPS) is 16.6. The summed E-state index contributed by atoms with van der Waals surface area (Å²) in [6.45, 7) is 1.73. The molecule has 7 nitrogen and oxygen atoms in total. The molecule has 0 heterocycles. The summed E-state index contributed by atoms with van der Waals surface area (Å²) in [5, 5.41) is 12.0. The fraction of sp³-hybridized carbons (Fsp3) is 0.500. The fourth-order valence-corrected chi connectivity index (χ4v) is 3.69. The van der Waals surface area contributed by atoms with Gasteiger partial charge in [-0.25, -0.2) is 8.42 Å². The number of carbonyl (C=O) groups excluding carboxylic acids is 1. The second-order valence-electron chi connectivity index (χ2n) is 6.42. The summed E-state index contributed by atoms with van der Waals surface area (Å²) in [6, 6.07) is 4.72. The third-order valence-corrected chi connectivity index (χ3v) is 4.81. The Morgan fingerprint density at radius 2 is 1.88 bits per heavy atom. The molecule has 1 saturated carbocycles. The number of anilines is 1. The van der Waals surface area contributed by atoms with Gasteiger partial charge in [-0.3, -0.25) is 14.3 Å². The maximum atomic E-state index is 12.5. The van der Waals surface area contributed by atoms with Crippen LogP contribution in [0.25, 0.3) is 0 Å². The Kier molecular flexibility index (Phi) is 5.17. The van der Waals surface area contributed by atoms with Crippen LogP contribution in [0.1, 0.15) is 48.0 Å². The van der Waals surface area contributed by atoms with E-state index in [1.807, 2.05) is 0 Å². The first kappa shape index (κ1) is 18.3. The minimum atomic E-state index is -3.45. The minimum Gasteiger partial charge on any atom is -0.481 e. The van der Waals surface area contributed by atoms with Gasteiger partial charge in [-0.15, -0.1) is 0 Å². The highest BCUT2D eigenvalue weighted by molar-refractivity contribution is 7.92. The van der Waals surface area contributed by atoms with Gasteiger partial charge < -0.3 is 10.4 Å².